The van der Waals surface area contributed by atoms with Crippen molar-refractivity contribution in [2.24, 2.45) is 11.3 Å². The van der Waals surface area contributed by atoms with Gasteiger partial charge in [0.2, 0.25) is 5.91 Å². The van der Waals surface area contributed by atoms with Crippen LogP contribution in [0.3, 0.4) is 0 Å². The van der Waals surface area contributed by atoms with Gasteiger partial charge in [-0.05, 0) is 63.5 Å². The summed E-state index contributed by atoms with van der Waals surface area (Å²) in [7, 11) is 3.90. The van der Waals surface area contributed by atoms with E-state index in [-0.39, 0.29) is 36.0 Å². The molecule has 3 rings (SSSR count). The molecule has 0 radical (unpaired) electrons. The zero-order chi connectivity index (χ0) is 24.4. The van der Waals surface area contributed by atoms with E-state index in [1.165, 1.54) is 17.0 Å². The number of piperidine rings is 1. The average Bonchev–Trinajstić information content (AvgIpc) is 2.97. The maximum absolute atomic E-state index is 13.9. The number of carbonyl (C=O) groups excluding carboxylic acids is 3. The zero-order valence-corrected chi connectivity index (χ0v) is 20.5. The predicted molar refractivity (Wildman–Crippen MR) is 125 cm³/mol. The number of carbonyl (C=O) groups is 3. The molecule has 2 heterocycles. The molecule has 0 spiro atoms. The summed E-state index contributed by atoms with van der Waals surface area (Å²) < 4.78 is 13.9. The third-order valence-electron chi connectivity index (χ3n) is 6.68. The first-order valence-electron chi connectivity index (χ1n) is 11.8. The van der Waals surface area contributed by atoms with Crippen molar-refractivity contribution in [2.45, 2.75) is 52.0 Å². The van der Waals surface area contributed by atoms with Crippen LogP contribution in [0.4, 0.5) is 9.18 Å². The number of halogens is 1. The Morgan fingerprint density at radius 1 is 1.21 bits per heavy atom. The summed E-state index contributed by atoms with van der Waals surface area (Å²) in [5.74, 6) is -0.656. The highest BCUT2D eigenvalue weighted by Gasteiger charge is 2.56. The van der Waals surface area contributed by atoms with Crippen LogP contribution in [0.5, 0.6) is 0 Å². The Balaban J connectivity index is 1.84. The number of rotatable bonds is 7. The topological polar surface area (TPSA) is 73.0 Å². The Morgan fingerprint density at radius 3 is 2.45 bits per heavy atom. The van der Waals surface area contributed by atoms with Crippen LogP contribution < -0.4 is 5.32 Å². The minimum atomic E-state index is -1.13. The summed E-state index contributed by atoms with van der Waals surface area (Å²) in [4.78, 5) is 44.6. The highest BCUT2D eigenvalue weighted by atomic mass is 19.1. The van der Waals surface area contributed by atoms with E-state index in [0.29, 0.717) is 44.5 Å². The molecule has 8 heteroatoms. The zero-order valence-electron chi connectivity index (χ0n) is 20.5. The van der Waals surface area contributed by atoms with E-state index in [4.69, 9.17) is 0 Å². The smallest absolute Gasteiger partial charge is 0.325 e. The number of likely N-dealkylation sites (tertiary alicyclic amines) is 1. The summed E-state index contributed by atoms with van der Waals surface area (Å²) in [5.41, 5.74) is -0.918. The molecule has 4 amide bonds. The minimum absolute atomic E-state index is 0.0900. The fourth-order valence-corrected chi connectivity index (χ4v) is 4.95. The second kappa shape index (κ2) is 9.79. The summed E-state index contributed by atoms with van der Waals surface area (Å²) in [6.45, 7) is 7.89. The molecule has 2 aliphatic heterocycles. The van der Waals surface area contributed by atoms with Gasteiger partial charge in [-0.2, -0.15) is 0 Å². The first-order valence-corrected chi connectivity index (χ1v) is 11.8. The van der Waals surface area contributed by atoms with Crippen LogP contribution in [0, 0.1) is 17.2 Å². The molecule has 0 bridgehead atoms. The van der Waals surface area contributed by atoms with Gasteiger partial charge < -0.3 is 15.1 Å². The fraction of sp³-hybridized carbons (Fsp3) is 0.640. The molecule has 1 unspecified atom stereocenters. The van der Waals surface area contributed by atoms with Gasteiger partial charge in [-0.1, -0.05) is 32.9 Å². The second-order valence-corrected chi connectivity index (χ2v) is 10.6. The van der Waals surface area contributed by atoms with Crippen molar-refractivity contribution in [3.05, 3.63) is 35.6 Å². The van der Waals surface area contributed by atoms with Crippen LogP contribution in [-0.2, 0) is 16.0 Å². The van der Waals surface area contributed by atoms with E-state index >= 15 is 0 Å². The van der Waals surface area contributed by atoms with Crippen molar-refractivity contribution < 1.29 is 18.8 Å². The SMILES string of the molecule is CN(C)CCCN1C(=O)NC(Cc2cccc(F)c2)(C2CCN(C(=O)C(C)(C)C)CC2)C1=O. The highest BCUT2D eigenvalue weighted by Crippen LogP contribution is 2.37. The molecule has 182 valence electrons. The Morgan fingerprint density at radius 2 is 1.88 bits per heavy atom. The first kappa shape index (κ1) is 25.1. The predicted octanol–water partition coefficient (Wildman–Crippen LogP) is 2.90. The van der Waals surface area contributed by atoms with E-state index < -0.39 is 11.0 Å². The Hall–Kier alpha value is -2.48. The molecule has 0 saturated carbocycles. The molecule has 0 aliphatic carbocycles. The van der Waals surface area contributed by atoms with Crippen molar-refractivity contribution in [1.82, 2.24) is 20.0 Å². The Labute approximate surface area is 196 Å². The van der Waals surface area contributed by atoms with E-state index in [2.05, 4.69) is 5.32 Å². The first-order chi connectivity index (χ1) is 15.4. The normalized spacial score (nSPS) is 22.3. The van der Waals surface area contributed by atoms with Crippen LogP contribution >= 0.6 is 0 Å². The number of benzene rings is 1. The van der Waals surface area contributed by atoms with Crippen molar-refractivity contribution in [1.29, 1.82) is 0 Å². The average molecular weight is 461 g/mol. The molecule has 1 aromatic rings. The van der Waals surface area contributed by atoms with Gasteiger partial charge in [-0.25, -0.2) is 9.18 Å². The largest absolute Gasteiger partial charge is 0.342 e. The Bertz CT molecular complexity index is 890. The minimum Gasteiger partial charge on any atom is -0.342 e. The monoisotopic (exact) mass is 460 g/mol. The summed E-state index contributed by atoms with van der Waals surface area (Å²) in [6, 6.07) is 5.82. The van der Waals surface area contributed by atoms with Gasteiger partial charge in [-0.15, -0.1) is 0 Å². The van der Waals surface area contributed by atoms with Gasteiger partial charge in [-0.3, -0.25) is 14.5 Å². The number of hydrogen-bond donors (Lipinski definition) is 1. The molecule has 7 nitrogen and oxygen atoms in total. The molecule has 1 atom stereocenters. The number of amides is 4. The number of nitrogens with zero attached hydrogens (tertiary/aromatic N) is 3. The van der Waals surface area contributed by atoms with E-state index in [1.54, 1.807) is 12.1 Å². The molecular formula is C25H37FN4O3. The van der Waals surface area contributed by atoms with E-state index in [1.807, 2.05) is 44.7 Å². The molecule has 1 aromatic carbocycles. The molecule has 0 aromatic heterocycles. The summed E-state index contributed by atoms with van der Waals surface area (Å²) >= 11 is 0. The van der Waals surface area contributed by atoms with E-state index in [0.717, 1.165) is 6.54 Å². The van der Waals surface area contributed by atoms with Crippen LogP contribution in [0.2, 0.25) is 0 Å². The van der Waals surface area contributed by atoms with Crippen molar-refractivity contribution in [2.75, 3.05) is 40.3 Å². The standard InChI is InChI=1S/C25H37FN4O3/c1-24(2,3)21(31)29-14-10-19(11-15-29)25(17-18-8-6-9-20(26)16-18)22(32)30(23(33)27-25)13-7-12-28(4)5/h6,8-9,16,19H,7,10-15,17H2,1-5H3,(H,27,33). The van der Waals surface area contributed by atoms with Gasteiger partial charge in [0, 0.05) is 31.5 Å². The lowest BCUT2D eigenvalue weighted by molar-refractivity contribution is -0.142. The van der Waals surface area contributed by atoms with E-state index in [9.17, 15) is 18.8 Å². The molecule has 2 saturated heterocycles. The fourth-order valence-electron chi connectivity index (χ4n) is 4.95. The second-order valence-electron chi connectivity index (χ2n) is 10.6. The van der Waals surface area contributed by atoms with Crippen LogP contribution in [0.1, 0.15) is 45.6 Å². The molecule has 2 aliphatic rings. The van der Waals surface area contributed by atoms with Gasteiger partial charge in [0.15, 0.2) is 0 Å². The molecule has 1 N–H and O–H groups in total. The summed E-state index contributed by atoms with van der Waals surface area (Å²) in [5, 5.41) is 3.02. The lowest BCUT2D eigenvalue weighted by atomic mass is 9.73. The molecule has 33 heavy (non-hydrogen) atoms. The van der Waals surface area contributed by atoms with Crippen LogP contribution in [-0.4, -0.2) is 78.4 Å². The van der Waals surface area contributed by atoms with Crippen molar-refractivity contribution in [3.63, 3.8) is 0 Å². The number of hydrogen-bond acceptors (Lipinski definition) is 4. The number of urea groups is 1. The molecular weight excluding hydrogens is 423 g/mol. The van der Waals surface area contributed by atoms with Crippen molar-refractivity contribution in [3.8, 4) is 0 Å². The lowest BCUT2D eigenvalue weighted by Gasteiger charge is -2.42. The van der Waals surface area contributed by atoms with Crippen LogP contribution in [0.25, 0.3) is 0 Å². The summed E-state index contributed by atoms with van der Waals surface area (Å²) in [6.07, 6.45) is 2.13. The van der Waals surface area contributed by atoms with Crippen LogP contribution in [0.15, 0.2) is 24.3 Å². The Kier molecular flexibility index (Phi) is 7.46. The van der Waals surface area contributed by atoms with Gasteiger partial charge in [0.1, 0.15) is 11.4 Å². The maximum atomic E-state index is 13.9. The quantitative estimate of drug-likeness (QED) is 0.635. The maximum Gasteiger partial charge on any atom is 0.325 e. The third kappa shape index (κ3) is 5.54. The number of imide groups is 1. The van der Waals surface area contributed by atoms with Gasteiger partial charge in [0.05, 0.1) is 0 Å². The lowest BCUT2D eigenvalue weighted by Crippen LogP contribution is -2.58. The number of nitrogens with one attached hydrogen (secondary N) is 1. The van der Waals surface area contributed by atoms with Gasteiger partial charge in [0.25, 0.3) is 5.91 Å². The van der Waals surface area contributed by atoms with Gasteiger partial charge >= 0.3 is 6.03 Å². The highest BCUT2D eigenvalue weighted by molar-refractivity contribution is 6.07. The molecule has 2 fully saturated rings. The third-order valence-corrected chi connectivity index (χ3v) is 6.68. The van der Waals surface area contributed by atoms with Crippen molar-refractivity contribution >= 4 is 17.8 Å².